The maximum Gasteiger partial charge on any atom is 0.0265 e. The first-order valence-electron chi connectivity index (χ1n) is 4.95. The predicted molar refractivity (Wildman–Crippen MR) is 65.3 cm³/mol. The van der Waals surface area contributed by atoms with Gasteiger partial charge in [0.15, 0.2) is 0 Å². The summed E-state index contributed by atoms with van der Waals surface area (Å²) in [6, 6.07) is 6.47. The quantitative estimate of drug-likeness (QED) is 0.243. The van der Waals surface area contributed by atoms with Crippen LogP contribution in [-0.2, 0) is 0 Å². The zero-order chi connectivity index (χ0) is 11.1. The van der Waals surface area contributed by atoms with Crippen molar-refractivity contribution in [3.63, 3.8) is 0 Å². The van der Waals surface area contributed by atoms with Crippen LogP contribution in [0.2, 0.25) is 0 Å². The van der Waals surface area contributed by atoms with Gasteiger partial charge in [-0.05, 0) is 43.2 Å². The fourth-order valence-corrected chi connectivity index (χ4v) is 2.28. The van der Waals surface area contributed by atoms with E-state index in [9.17, 15) is 0 Å². The second-order valence-electron chi connectivity index (χ2n) is 3.43. The molecule has 0 saturated carbocycles. The van der Waals surface area contributed by atoms with Gasteiger partial charge in [-0.25, -0.2) is 0 Å². The Labute approximate surface area is 94.5 Å². The lowest BCUT2D eigenvalue weighted by atomic mass is 10.2. The van der Waals surface area contributed by atoms with Gasteiger partial charge in [0.2, 0.25) is 0 Å². The van der Waals surface area contributed by atoms with Crippen molar-refractivity contribution in [1.82, 2.24) is 0 Å². The van der Waals surface area contributed by atoms with Crippen LogP contribution in [0.25, 0.3) is 10.4 Å². The van der Waals surface area contributed by atoms with Crippen molar-refractivity contribution in [3.05, 3.63) is 39.8 Å². The predicted octanol–water partition coefficient (Wildman–Crippen LogP) is 4.10. The molecule has 0 heterocycles. The third kappa shape index (κ3) is 4.28. The van der Waals surface area contributed by atoms with Gasteiger partial charge in [-0.1, -0.05) is 22.8 Å². The molecule has 80 valence electrons. The van der Waals surface area contributed by atoms with E-state index in [0.717, 1.165) is 12.2 Å². The molecule has 0 N–H and O–H groups in total. The van der Waals surface area contributed by atoms with Crippen molar-refractivity contribution in [1.29, 1.82) is 0 Å². The summed E-state index contributed by atoms with van der Waals surface area (Å²) in [4.78, 5) is 4.06. The first-order valence-corrected chi connectivity index (χ1v) is 5.93. The van der Waals surface area contributed by atoms with Gasteiger partial charge in [-0.2, -0.15) is 0 Å². The molecule has 0 aromatic heterocycles. The molecule has 0 fully saturated rings. The third-order valence-electron chi connectivity index (χ3n) is 2.07. The summed E-state index contributed by atoms with van der Waals surface area (Å²) in [5, 5.41) is 3.51. The van der Waals surface area contributed by atoms with Crippen molar-refractivity contribution in [3.8, 4) is 0 Å². The van der Waals surface area contributed by atoms with E-state index in [2.05, 4.69) is 42.1 Å². The van der Waals surface area contributed by atoms with Gasteiger partial charge in [-0.15, -0.1) is 11.8 Å². The number of benzene rings is 1. The lowest BCUT2D eigenvalue weighted by Gasteiger charge is -2.05. The minimum atomic E-state index is 0.592. The van der Waals surface area contributed by atoms with Gasteiger partial charge in [0, 0.05) is 16.4 Å². The van der Waals surface area contributed by atoms with Crippen LogP contribution in [-0.4, -0.2) is 12.3 Å². The standard InChI is InChI=1S/C11H15N3S/c1-9-4-5-10(2)11(8-9)15-7-3-6-13-14-12/h4-5,8H,3,6-7H2,1-2H3. The number of hydrogen-bond acceptors (Lipinski definition) is 2. The van der Waals surface area contributed by atoms with E-state index in [-0.39, 0.29) is 0 Å². The highest BCUT2D eigenvalue weighted by atomic mass is 32.2. The number of rotatable bonds is 5. The summed E-state index contributed by atoms with van der Waals surface area (Å²) >= 11 is 1.83. The Morgan fingerprint density at radius 1 is 1.40 bits per heavy atom. The van der Waals surface area contributed by atoms with Crippen LogP contribution in [0.1, 0.15) is 17.5 Å². The van der Waals surface area contributed by atoms with Crippen LogP contribution in [0, 0.1) is 13.8 Å². The summed E-state index contributed by atoms with van der Waals surface area (Å²) in [6.07, 6.45) is 0.933. The fourth-order valence-electron chi connectivity index (χ4n) is 1.22. The number of aryl methyl sites for hydroxylation is 2. The SMILES string of the molecule is Cc1ccc(C)c(SCCCN=[N+]=[N-])c1. The molecular weight excluding hydrogens is 206 g/mol. The summed E-state index contributed by atoms with van der Waals surface area (Å²) < 4.78 is 0. The average Bonchev–Trinajstić information content (AvgIpc) is 2.23. The van der Waals surface area contributed by atoms with Crippen LogP contribution in [0.3, 0.4) is 0 Å². The average molecular weight is 221 g/mol. The molecule has 0 unspecified atom stereocenters. The summed E-state index contributed by atoms with van der Waals surface area (Å²) in [5.74, 6) is 1.00. The maximum absolute atomic E-state index is 8.11. The number of azide groups is 1. The Hall–Kier alpha value is -1.12. The van der Waals surface area contributed by atoms with Crippen LogP contribution in [0.5, 0.6) is 0 Å². The molecule has 0 amide bonds. The summed E-state index contributed by atoms with van der Waals surface area (Å²) in [7, 11) is 0. The summed E-state index contributed by atoms with van der Waals surface area (Å²) in [5.41, 5.74) is 10.7. The van der Waals surface area contributed by atoms with Crippen molar-refractivity contribution < 1.29 is 0 Å². The molecule has 15 heavy (non-hydrogen) atoms. The molecule has 0 atom stereocenters. The molecule has 1 aromatic rings. The van der Waals surface area contributed by atoms with Crippen LogP contribution < -0.4 is 0 Å². The van der Waals surface area contributed by atoms with Crippen molar-refractivity contribution in [2.75, 3.05) is 12.3 Å². The second-order valence-corrected chi connectivity index (χ2v) is 4.56. The van der Waals surface area contributed by atoms with Gasteiger partial charge in [0.05, 0.1) is 0 Å². The Balaban J connectivity index is 2.43. The molecular formula is C11H15N3S. The lowest BCUT2D eigenvalue weighted by Crippen LogP contribution is -1.86. The van der Waals surface area contributed by atoms with E-state index < -0.39 is 0 Å². The molecule has 0 aliphatic carbocycles. The Morgan fingerprint density at radius 3 is 2.93 bits per heavy atom. The van der Waals surface area contributed by atoms with Gasteiger partial charge >= 0.3 is 0 Å². The highest BCUT2D eigenvalue weighted by molar-refractivity contribution is 7.99. The minimum Gasteiger partial charge on any atom is -0.126 e. The van der Waals surface area contributed by atoms with Crippen LogP contribution in [0.4, 0.5) is 0 Å². The molecule has 1 rings (SSSR count). The monoisotopic (exact) mass is 221 g/mol. The molecule has 0 bridgehead atoms. The highest BCUT2D eigenvalue weighted by Gasteiger charge is 1.98. The number of thioether (sulfide) groups is 1. The Kier molecular flexibility index (Phi) is 5.08. The van der Waals surface area contributed by atoms with E-state index in [4.69, 9.17) is 5.53 Å². The Morgan fingerprint density at radius 2 is 2.20 bits per heavy atom. The molecule has 0 aliphatic rings. The normalized spacial score (nSPS) is 9.73. The first kappa shape index (κ1) is 12.0. The van der Waals surface area contributed by atoms with Crippen molar-refractivity contribution in [2.45, 2.75) is 25.2 Å². The molecule has 0 aliphatic heterocycles. The van der Waals surface area contributed by atoms with E-state index in [0.29, 0.717) is 6.54 Å². The van der Waals surface area contributed by atoms with Gasteiger partial charge in [0.25, 0.3) is 0 Å². The number of nitrogens with zero attached hydrogens (tertiary/aromatic N) is 3. The maximum atomic E-state index is 8.11. The number of hydrogen-bond donors (Lipinski definition) is 0. The molecule has 1 aromatic carbocycles. The topological polar surface area (TPSA) is 48.8 Å². The smallest absolute Gasteiger partial charge is 0.0265 e. The molecule has 3 nitrogen and oxygen atoms in total. The first-order chi connectivity index (χ1) is 7.24. The van der Waals surface area contributed by atoms with Crippen LogP contribution >= 0.6 is 11.8 Å². The van der Waals surface area contributed by atoms with Gasteiger partial charge in [0.1, 0.15) is 0 Å². The van der Waals surface area contributed by atoms with Gasteiger partial charge < -0.3 is 0 Å². The fraction of sp³-hybridized carbons (Fsp3) is 0.455. The van der Waals surface area contributed by atoms with Crippen molar-refractivity contribution in [2.24, 2.45) is 5.11 Å². The van der Waals surface area contributed by atoms with Crippen molar-refractivity contribution >= 4 is 11.8 Å². The molecule has 4 heteroatoms. The van der Waals surface area contributed by atoms with E-state index in [1.165, 1.54) is 16.0 Å². The molecule has 0 saturated heterocycles. The highest BCUT2D eigenvalue weighted by Crippen LogP contribution is 2.23. The second kappa shape index (κ2) is 6.38. The van der Waals surface area contributed by atoms with Crippen LogP contribution in [0.15, 0.2) is 28.2 Å². The zero-order valence-electron chi connectivity index (χ0n) is 9.10. The molecule has 0 radical (unpaired) electrons. The van der Waals surface area contributed by atoms with E-state index in [1.54, 1.807) is 0 Å². The lowest BCUT2D eigenvalue weighted by molar-refractivity contribution is 0.931. The molecule has 0 spiro atoms. The van der Waals surface area contributed by atoms with E-state index in [1.807, 2.05) is 11.8 Å². The third-order valence-corrected chi connectivity index (χ3v) is 3.31. The largest absolute Gasteiger partial charge is 0.126 e. The van der Waals surface area contributed by atoms with Gasteiger partial charge in [-0.3, -0.25) is 0 Å². The van der Waals surface area contributed by atoms with E-state index >= 15 is 0 Å². The Bertz CT molecular complexity index is 370. The summed E-state index contributed by atoms with van der Waals surface area (Å²) in [6.45, 7) is 4.81. The minimum absolute atomic E-state index is 0.592. The zero-order valence-corrected chi connectivity index (χ0v) is 9.92.